The Bertz CT molecular complexity index is 528. The lowest BCUT2D eigenvalue weighted by Gasteiger charge is -2.17. The van der Waals surface area contributed by atoms with Crippen LogP contribution in [0.1, 0.15) is 6.92 Å². The van der Waals surface area contributed by atoms with E-state index in [4.69, 9.17) is 12.2 Å². The van der Waals surface area contributed by atoms with E-state index < -0.39 is 0 Å². The molecule has 0 N–H and O–H groups in total. The van der Waals surface area contributed by atoms with Crippen molar-refractivity contribution in [2.75, 3.05) is 19.1 Å². The molecule has 0 radical (unpaired) electrons. The minimum atomic E-state index is -0.324. The Morgan fingerprint density at radius 3 is 2.58 bits per heavy atom. The summed E-state index contributed by atoms with van der Waals surface area (Å²) in [5, 5.41) is 5.46. The fourth-order valence-electron chi connectivity index (χ4n) is 1.65. The second-order valence-corrected chi connectivity index (χ2v) is 6.12. The smallest absolute Gasteiger partial charge is 0.266 e. The van der Waals surface area contributed by atoms with Crippen molar-refractivity contribution >= 4 is 45.6 Å². The van der Waals surface area contributed by atoms with E-state index in [0.29, 0.717) is 4.32 Å². The van der Waals surface area contributed by atoms with Crippen molar-refractivity contribution in [2.45, 2.75) is 12.2 Å². The van der Waals surface area contributed by atoms with Gasteiger partial charge in [-0.25, -0.2) is 0 Å². The molecule has 0 saturated heterocycles. The van der Waals surface area contributed by atoms with Crippen LogP contribution < -0.4 is 5.01 Å². The van der Waals surface area contributed by atoms with Crippen LogP contribution in [0.4, 0.5) is 5.69 Å². The van der Waals surface area contributed by atoms with Crippen LogP contribution >= 0.6 is 24.0 Å². The van der Waals surface area contributed by atoms with Gasteiger partial charge in [0.05, 0.1) is 11.4 Å². The number of hydrogen-bond acceptors (Lipinski definition) is 4. The first kappa shape index (κ1) is 14.0. The molecule has 1 amide bonds. The number of nitrogens with zero attached hydrogens (tertiary/aromatic N) is 3. The van der Waals surface area contributed by atoms with Crippen LogP contribution in [0, 0.1) is 0 Å². The zero-order valence-corrected chi connectivity index (χ0v) is 12.7. The number of hydrazone groups is 1. The third kappa shape index (κ3) is 2.96. The van der Waals surface area contributed by atoms with Crippen molar-refractivity contribution < 1.29 is 4.79 Å². The molecule has 1 unspecified atom stereocenters. The molecule has 1 aromatic carbocycles. The largest absolute Gasteiger partial charge is 0.364 e. The predicted octanol–water partition coefficient (Wildman–Crippen LogP) is 2.36. The van der Waals surface area contributed by atoms with Crippen LogP contribution in [0.15, 0.2) is 35.4 Å². The second-order valence-electron chi connectivity index (χ2n) is 4.39. The first-order chi connectivity index (χ1) is 9.00. The third-order valence-electron chi connectivity index (χ3n) is 2.65. The Kier molecular flexibility index (Phi) is 4.21. The highest BCUT2D eigenvalue weighted by Crippen LogP contribution is 2.28. The summed E-state index contributed by atoms with van der Waals surface area (Å²) in [5.41, 5.74) is 1.56. The van der Waals surface area contributed by atoms with Gasteiger partial charge in [-0.1, -0.05) is 42.2 Å². The monoisotopic (exact) mass is 293 g/mol. The van der Waals surface area contributed by atoms with E-state index in [9.17, 15) is 4.79 Å². The summed E-state index contributed by atoms with van der Waals surface area (Å²) < 4.78 is 0.683. The number of thioether (sulfide) groups is 1. The molecule has 0 aliphatic carbocycles. The number of carbonyl (C=O) groups is 1. The Morgan fingerprint density at radius 1 is 1.37 bits per heavy atom. The number of carbonyl (C=O) groups excluding carboxylic acids is 1. The van der Waals surface area contributed by atoms with Gasteiger partial charge in [0.25, 0.3) is 5.91 Å². The molecule has 2 rings (SSSR count). The average Bonchev–Trinajstić information content (AvgIpc) is 2.67. The predicted molar refractivity (Wildman–Crippen MR) is 84.7 cm³/mol. The number of thiocarbonyl (C=S) groups is 1. The van der Waals surface area contributed by atoms with E-state index in [1.165, 1.54) is 16.8 Å². The molecule has 0 aromatic heterocycles. The number of para-hydroxylation sites is 1. The fraction of sp³-hybridized carbons (Fsp3) is 0.308. The fourth-order valence-corrected chi connectivity index (χ4v) is 2.76. The van der Waals surface area contributed by atoms with Crippen molar-refractivity contribution in [3.8, 4) is 0 Å². The molecule has 19 heavy (non-hydrogen) atoms. The summed E-state index contributed by atoms with van der Waals surface area (Å²) in [7, 11) is 3.74. The zero-order valence-electron chi connectivity index (χ0n) is 11.0. The summed E-state index contributed by atoms with van der Waals surface area (Å²) in [6.07, 6.45) is 0. The first-order valence-corrected chi connectivity index (χ1v) is 7.11. The van der Waals surface area contributed by atoms with Crippen LogP contribution in [0.3, 0.4) is 0 Å². The van der Waals surface area contributed by atoms with Crippen LogP contribution in [-0.4, -0.2) is 40.2 Å². The minimum Gasteiger partial charge on any atom is -0.364 e. The van der Waals surface area contributed by atoms with Crippen LogP contribution in [0.2, 0.25) is 0 Å². The SMILES string of the molecule is CC1=NN(c2ccccc2)C(=O)C1SC(=S)N(C)C. The summed E-state index contributed by atoms with van der Waals surface area (Å²) in [4.78, 5) is 14.2. The maximum absolute atomic E-state index is 12.4. The second kappa shape index (κ2) is 5.71. The van der Waals surface area contributed by atoms with Gasteiger partial charge in [-0.05, 0) is 19.1 Å². The standard InChI is InChI=1S/C13H15N3OS2/c1-9-11(19-13(18)15(2)3)12(17)16(14-9)10-7-5-4-6-8-10/h4-8,11H,1-3H3. The van der Waals surface area contributed by atoms with Gasteiger partial charge in [0, 0.05) is 14.1 Å². The van der Waals surface area contributed by atoms with E-state index in [1.54, 1.807) is 0 Å². The molecule has 0 spiro atoms. The summed E-state index contributed by atoms with van der Waals surface area (Å²) in [6.45, 7) is 1.86. The van der Waals surface area contributed by atoms with Crippen LogP contribution in [0.25, 0.3) is 0 Å². The normalized spacial score (nSPS) is 18.5. The minimum absolute atomic E-state index is 0.0436. The van der Waals surface area contributed by atoms with Gasteiger partial charge in [-0.15, -0.1) is 0 Å². The zero-order chi connectivity index (χ0) is 14.0. The van der Waals surface area contributed by atoms with Crippen LogP contribution in [0.5, 0.6) is 0 Å². The molecule has 0 bridgehead atoms. The maximum Gasteiger partial charge on any atom is 0.266 e. The Labute approximate surface area is 122 Å². The summed E-state index contributed by atoms with van der Waals surface area (Å²) >= 11 is 6.60. The van der Waals surface area contributed by atoms with E-state index >= 15 is 0 Å². The molecule has 1 aromatic rings. The lowest BCUT2D eigenvalue weighted by molar-refractivity contribution is -0.116. The molecule has 1 aliphatic rings. The summed E-state index contributed by atoms with van der Waals surface area (Å²) in [5.74, 6) is -0.0436. The Morgan fingerprint density at radius 2 is 2.00 bits per heavy atom. The molecular formula is C13H15N3OS2. The highest BCUT2D eigenvalue weighted by molar-refractivity contribution is 8.24. The number of benzene rings is 1. The maximum atomic E-state index is 12.4. The van der Waals surface area contributed by atoms with Gasteiger partial charge in [-0.2, -0.15) is 10.1 Å². The number of amides is 1. The molecule has 0 saturated carbocycles. The van der Waals surface area contributed by atoms with Gasteiger partial charge in [0.2, 0.25) is 0 Å². The third-order valence-corrected chi connectivity index (χ3v) is 4.65. The molecule has 1 atom stereocenters. The van der Waals surface area contributed by atoms with Gasteiger partial charge in [0.15, 0.2) is 0 Å². The summed E-state index contributed by atoms with van der Waals surface area (Å²) in [6, 6.07) is 9.42. The van der Waals surface area contributed by atoms with E-state index in [1.807, 2.05) is 56.3 Å². The molecule has 1 aliphatic heterocycles. The lowest BCUT2D eigenvalue weighted by atomic mass is 10.3. The van der Waals surface area contributed by atoms with Gasteiger partial charge < -0.3 is 4.90 Å². The number of hydrogen-bond donors (Lipinski definition) is 0. The Hall–Kier alpha value is -1.40. The van der Waals surface area contributed by atoms with Crippen molar-refractivity contribution in [1.82, 2.24) is 4.90 Å². The number of anilines is 1. The first-order valence-electron chi connectivity index (χ1n) is 5.82. The molecule has 1 heterocycles. The average molecular weight is 293 g/mol. The topological polar surface area (TPSA) is 35.9 Å². The molecule has 0 fully saturated rings. The highest BCUT2D eigenvalue weighted by atomic mass is 32.2. The number of rotatable bonds is 2. The van der Waals surface area contributed by atoms with Crippen molar-refractivity contribution in [1.29, 1.82) is 0 Å². The highest BCUT2D eigenvalue weighted by Gasteiger charge is 2.35. The van der Waals surface area contributed by atoms with Crippen molar-refractivity contribution in [3.63, 3.8) is 0 Å². The molecule has 6 heteroatoms. The van der Waals surface area contributed by atoms with Crippen molar-refractivity contribution in [3.05, 3.63) is 30.3 Å². The molecule has 4 nitrogen and oxygen atoms in total. The van der Waals surface area contributed by atoms with E-state index in [-0.39, 0.29) is 11.2 Å². The molecular weight excluding hydrogens is 278 g/mol. The molecule has 100 valence electrons. The quantitative estimate of drug-likeness (QED) is 0.784. The van der Waals surface area contributed by atoms with Gasteiger partial charge >= 0.3 is 0 Å². The van der Waals surface area contributed by atoms with Crippen LogP contribution in [-0.2, 0) is 4.79 Å². The van der Waals surface area contributed by atoms with E-state index in [0.717, 1.165) is 11.4 Å². The lowest BCUT2D eigenvalue weighted by Crippen LogP contribution is -2.31. The van der Waals surface area contributed by atoms with Gasteiger partial charge in [0.1, 0.15) is 9.57 Å². The van der Waals surface area contributed by atoms with E-state index in [2.05, 4.69) is 5.10 Å². The Balaban J connectivity index is 2.17. The van der Waals surface area contributed by atoms with Gasteiger partial charge in [-0.3, -0.25) is 4.79 Å². The van der Waals surface area contributed by atoms with Crippen molar-refractivity contribution in [2.24, 2.45) is 5.10 Å².